The van der Waals surface area contributed by atoms with Gasteiger partial charge in [0.1, 0.15) is 5.52 Å². The van der Waals surface area contributed by atoms with Gasteiger partial charge in [-0.15, -0.1) is 0 Å². The molecule has 0 spiro atoms. The van der Waals surface area contributed by atoms with Gasteiger partial charge in [-0.25, -0.2) is 4.98 Å². The molecular formula is C14H19N3O. The van der Waals surface area contributed by atoms with Crippen LogP contribution in [0.5, 0.6) is 0 Å². The zero-order valence-corrected chi connectivity index (χ0v) is 10.7. The first-order valence-corrected chi connectivity index (χ1v) is 6.66. The van der Waals surface area contributed by atoms with E-state index in [-0.39, 0.29) is 0 Å². The molecule has 1 aromatic carbocycles. The molecule has 0 radical (unpaired) electrons. The first-order valence-electron chi connectivity index (χ1n) is 6.66. The Labute approximate surface area is 107 Å². The minimum absolute atomic E-state index is 0.561. The van der Waals surface area contributed by atoms with E-state index in [9.17, 15) is 0 Å². The molecule has 2 heterocycles. The van der Waals surface area contributed by atoms with E-state index in [1.807, 2.05) is 13.0 Å². The van der Waals surface area contributed by atoms with Crippen molar-refractivity contribution < 1.29 is 4.42 Å². The minimum atomic E-state index is 0.561. The summed E-state index contributed by atoms with van der Waals surface area (Å²) in [5, 5.41) is 7.03. The topological polar surface area (TPSA) is 50.1 Å². The maximum atomic E-state index is 5.48. The highest BCUT2D eigenvalue weighted by Crippen LogP contribution is 2.21. The summed E-state index contributed by atoms with van der Waals surface area (Å²) in [6.07, 6.45) is 3.64. The molecule has 2 aromatic rings. The molecule has 18 heavy (non-hydrogen) atoms. The Morgan fingerprint density at radius 2 is 2.28 bits per heavy atom. The highest BCUT2D eigenvalue weighted by atomic mass is 16.3. The second-order valence-electron chi connectivity index (χ2n) is 4.94. The molecule has 1 aromatic heterocycles. The lowest BCUT2D eigenvalue weighted by molar-refractivity contribution is 0.561. The van der Waals surface area contributed by atoms with E-state index in [0.29, 0.717) is 6.04 Å². The van der Waals surface area contributed by atoms with Crippen molar-refractivity contribution in [3.05, 3.63) is 24.1 Å². The van der Waals surface area contributed by atoms with Crippen molar-refractivity contribution >= 4 is 16.8 Å². The molecule has 96 valence electrons. The molecule has 0 saturated carbocycles. The average molecular weight is 245 g/mol. The summed E-state index contributed by atoms with van der Waals surface area (Å²) in [5.74, 6) is 0.723. The second-order valence-corrected chi connectivity index (χ2v) is 4.94. The summed E-state index contributed by atoms with van der Waals surface area (Å²) in [6.45, 7) is 4.12. The molecule has 1 saturated heterocycles. The van der Waals surface area contributed by atoms with Crippen molar-refractivity contribution in [3.63, 3.8) is 0 Å². The van der Waals surface area contributed by atoms with E-state index >= 15 is 0 Å². The largest absolute Gasteiger partial charge is 0.441 e. The fourth-order valence-corrected chi connectivity index (χ4v) is 2.53. The van der Waals surface area contributed by atoms with Gasteiger partial charge in [0.15, 0.2) is 11.5 Å². The van der Waals surface area contributed by atoms with E-state index in [1.165, 1.54) is 19.3 Å². The molecule has 1 aliphatic rings. The smallest absolute Gasteiger partial charge is 0.192 e. The van der Waals surface area contributed by atoms with Crippen molar-refractivity contribution in [2.24, 2.45) is 0 Å². The third-order valence-electron chi connectivity index (χ3n) is 3.44. The maximum Gasteiger partial charge on any atom is 0.192 e. The number of fused-ring (bicyclic) bond motifs is 1. The van der Waals surface area contributed by atoms with Crippen LogP contribution in [0.2, 0.25) is 0 Å². The first kappa shape index (κ1) is 11.5. The Bertz CT molecular complexity index is 527. The van der Waals surface area contributed by atoms with Crippen LogP contribution in [-0.4, -0.2) is 24.1 Å². The Morgan fingerprint density at radius 1 is 1.33 bits per heavy atom. The molecule has 1 atom stereocenters. The van der Waals surface area contributed by atoms with Crippen molar-refractivity contribution in [2.75, 3.05) is 18.4 Å². The fourth-order valence-electron chi connectivity index (χ4n) is 2.53. The normalized spacial score (nSPS) is 20.8. The molecule has 1 unspecified atom stereocenters. The quantitative estimate of drug-likeness (QED) is 0.854. The van der Waals surface area contributed by atoms with Gasteiger partial charge < -0.3 is 15.1 Å². The Morgan fingerprint density at radius 3 is 3.22 bits per heavy atom. The predicted octanol–water partition coefficient (Wildman–Crippen LogP) is 2.69. The van der Waals surface area contributed by atoms with Crippen LogP contribution in [-0.2, 0) is 0 Å². The minimum Gasteiger partial charge on any atom is -0.441 e. The highest BCUT2D eigenvalue weighted by molar-refractivity contribution is 5.77. The number of hydrogen-bond donors (Lipinski definition) is 2. The average Bonchev–Trinajstić information content (AvgIpc) is 2.56. The summed E-state index contributed by atoms with van der Waals surface area (Å²) in [6, 6.07) is 6.70. The molecule has 4 heteroatoms. The molecule has 0 aliphatic carbocycles. The molecule has 3 rings (SSSR count). The lowest BCUT2D eigenvalue weighted by Crippen LogP contribution is -2.21. The standard InChI is InChI=1S/C14H19N3O/c1-10-16-13-9-12(4-5-14(13)18-10)17-11-3-2-7-15-8-6-11/h4-5,9,11,15,17H,2-3,6-8H2,1H3. The first-order chi connectivity index (χ1) is 8.81. The zero-order valence-electron chi connectivity index (χ0n) is 10.7. The predicted molar refractivity (Wildman–Crippen MR) is 72.9 cm³/mol. The van der Waals surface area contributed by atoms with Gasteiger partial charge in [0.25, 0.3) is 0 Å². The summed E-state index contributed by atoms with van der Waals surface area (Å²) in [4.78, 5) is 4.37. The van der Waals surface area contributed by atoms with Gasteiger partial charge >= 0.3 is 0 Å². The van der Waals surface area contributed by atoms with Crippen LogP contribution in [0.15, 0.2) is 22.6 Å². The molecule has 0 bridgehead atoms. The molecule has 2 N–H and O–H groups in total. The highest BCUT2D eigenvalue weighted by Gasteiger charge is 2.12. The third kappa shape index (κ3) is 2.48. The van der Waals surface area contributed by atoms with E-state index in [0.717, 1.165) is 35.8 Å². The Hall–Kier alpha value is -1.55. The Kier molecular flexibility index (Phi) is 3.19. The SMILES string of the molecule is Cc1nc2cc(NC3CCCNCC3)ccc2o1. The lowest BCUT2D eigenvalue weighted by atomic mass is 10.1. The van der Waals surface area contributed by atoms with E-state index in [4.69, 9.17) is 4.42 Å². The number of nitrogens with zero attached hydrogens (tertiary/aromatic N) is 1. The number of rotatable bonds is 2. The van der Waals surface area contributed by atoms with Gasteiger partial charge in [-0.3, -0.25) is 0 Å². The number of hydrogen-bond acceptors (Lipinski definition) is 4. The van der Waals surface area contributed by atoms with Gasteiger partial charge in [0.05, 0.1) is 0 Å². The van der Waals surface area contributed by atoms with Gasteiger partial charge in [0, 0.05) is 18.7 Å². The van der Waals surface area contributed by atoms with E-state index in [1.54, 1.807) is 0 Å². The van der Waals surface area contributed by atoms with Crippen LogP contribution in [0, 0.1) is 6.92 Å². The van der Waals surface area contributed by atoms with E-state index < -0.39 is 0 Å². The number of benzene rings is 1. The summed E-state index contributed by atoms with van der Waals surface area (Å²) < 4.78 is 5.48. The number of oxazole rings is 1. The van der Waals surface area contributed by atoms with Gasteiger partial charge in [-0.1, -0.05) is 0 Å². The molecule has 1 fully saturated rings. The zero-order chi connectivity index (χ0) is 12.4. The van der Waals surface area contributed by atoms with Crippen LogP contribution >= 0.6 is 0 Å². The van der Waals surface area contributed by atoms with Crippen LogP contribution in [0.4, 0.5) is 5.69 Å². The molecule has 0 amide bonds. The second kappa shape index (κ2) is 4.98. The number of aromatic nitrogens is 1. The maximum absolute atomic E-state index is 5.48. The summed E-state index contributed by atoms with van der Waals surface area (Å²) in [5.41, 5.74) is 2.94. The van der Waals surface area contributed by atoms with Crippen molar-refractivity contribution in [1.29, 1.82) is 0 Å². The van der Waals surface area contributed by atoms with Crippen LogP contribution in [0.1, 0.15) is 25.2 Å². The fraction of sp³-hybridized carbons (Fsp3) is 0.500. The van der Waals surface area contributed by atoms with Crippen LogP contribution in [0.3, 0.4) is 0 Å². The molecule has 4 nitrogen and oxygen atoms in total. The number of anilines is 1. The molecular weight excluding hydrogens is 226 g/mol. The van der Waals surface area contributed by atoms with Crippen LogP contribution < -0.4 is 10.6 Å². The Balaban J connectivity index is 1.76. The van der Waals surface area contributed by atoms with Gasteiger partial charge in [-0.05, 0) is 50.6 Å². The molecule has 1 aliphatic heterocycles. The van der Waals surface area contributed by atoms with Crippen molar-refractivity contribution in [2.45, 2.75) is 32.2 Å². The van der Waals surface area contributed by atoms with Crippen LogP contribution in [0.25, 0.3) is 11.1 Å². The summed E-state index contributed by atoms with van der Waals surface area (Å²) in [7, 11) is 0. The number of aryl methyl sites for hydroxylation is 1. The van der Waals surface area contributed by atoms with Crippen molar-refractivity contribution in [1.82, 2.24) is 10.3 Å². The van der Waals surface area contributed by atoms with Gasteiger partial charge in [0.2, 0.25) is 0 Å². The lowest BCUT2D eigenvalue weighted by Gasteiger charge is -2.17. The van der Waals surface area contributed by atoms with Gasteiger partial charge in [-0.2, -0.15) is 0 Å². The monoisotopic (exact) mass is 245 g/mol. The third-order valence-corrected chi connectivity index (χ3v) is 3.44. The van der Waals surface area contributed by atoms with E-state index in [2.05, 4.69) is 27.8 Å². The summed E-state index contributed by atoms with van der Waals surface area (Å²) >= 11 is 0. The van der Waals surface area contributed by atoms with Crippen molar-refractivity contribution in [3.8, 4) is 0 Å². The number of nitrogens with one attached hydrogen (secondary N) is 2.